The number of fused-ring (bicyclic) bond motifs is 1. The number of hydrogen-bond donors (Lipinski definition) is 1. The Bertz CT molecular complexity index is 1040. The van der Waals surface area contributed by atoms with Crippen LogP contribution in [-0.2, 0) is 0 Å². The van der Waals surface area contributed by atoms with Crippen molar-refractivity contribution in [3.63, 3.8) is 0 Å². The molecule has 1 aromatic carbocycles. The lowest BCUT2D eigenvalue weighted by molar-refractivity contribution is 0.480. The first-order valence-electron chi connectivity index (χ1n) is 8.13. The number of H-pyrrole nitrogens is 1. The van der Waals surface area contributed by atoms with Crippen LogP contribution in [0, 0.1) is 5.82 Å². The van der Waals surface area contributed by atoms with Gasteiger partial charge >= 0.3 is 0 Å². The van der Waals surface area contributed by atoms with E-state index >= 15 is 0 Å². The molecule has 0 unspecified atom stereocenters. The highest BCUT2D eigenvalue weighted by molar-refractivity contribution is 6.74. The number of nitrogens with one attached hydrogen (secondary N) is 1. The van der Waals surface area contributed by atoms with Crippen LogP contribution in [0.4, 0.5) is 4.39 Å². The van der Waals surface area contributed by atoms with Crippen LogP contribution in [0.25, 0.3) is 16.7 Å². The molecule has 1 N–H and O–H groups in total. The van der Waals surface area contributed by atoms with Gasteiger partial charge in [0.1, 0.15) is 17.0 Å². The van der Waals surface area contributed by atoms with Gasteiger partial charge in [0.15, 0.2) is 11.0 Å². The van der Waals surface area contributed by atoms with Crippen LogP contribution in [-0.4, -0.2) is 28.3 Å². The summed E-state index contributed by atoms with van der Waals surface area (Å²) in [5.41, 5.74) is 0.136. The number of aromatic amines is 1. The van der Waals surface area contributed by atoms with Crippen molar-refractivity contribution in [3.8, 4) is 11.4 Å². The molecule has 3 rings (SSSR count). The van der Waals surface area contributed by atoms with Gasteiger partial charge in [-0.05, 0) is 30.3 Å². The summed E-state index contributed by atoms with van der Waals surface area (Å²) in [7, 11) is -2.26. The van der Waals surface area contributed by atoms with Crippen molar-refractivity contribution >= 4 is 31.0 Å². The smallest absolute Gasteiger partial charge is 0.273 e. The zero-order chi connectivity index (χ0) is 19.3. The van der Waals surface area contributed by atoms with Gasteiger partial charge in [0.05, 0.1) is 5.52 Å². The van der Waals surface area contributed by atoms with E-state index in [0.29, 0.717) is 5.52 Å². The first-order chi connectivity index (χ1) is 12.0. The quantitative estimate of drug-likeness (QED) is 0.672. The first kappa shape index (κ1) is 18.6. The van der Waals surface area contributed by atoms with Gasteiger partial charge in [-0.15, -0.1) is 0 Å². The van der Waals surface area contributed by atoms with Crippen molar-refractivity contribution in [1.29, 1.82) is 0 Å². The second kappa shape index (κ2) is 6.21. The number of rotatable bonds is 3. The van der Waals surface area contributed by atoms with Crippen molar-refractivity contribution in [2.75, 3.05) is 0 Å². The molecule has 0 spiro atoms. The van der Waals surface area contributed by atoms with E-state index in [2.05, 4.69) is 36.1 Å². The Kier molecular flexibility index (Phi) is 4.44. The third-order valence-corrected chi connectivity index (χ3v) is 9.34. The minimum absolute atomic E-state index is 0.0264. The Morgan fingerprint density at radius 2 is 2.00 bits per heavy atom. The maximum atomic E-state index is 14.7. The molecule has 0 saturated carbocycles. The topological polar surface area (TPSA) is 72.8 Å². The molecule has 0 fully saturated rings. The Hall–Kier alpha value is -2.19. The summed E-state index contributed by atoms with van der Waals surface area (Å²) in [6.07, 6.45) is 0. The predicted octanol–water partition coefficient (Wildman–Crippen LogP) is 4.29. The molecule has 6 nitrogen and oxygen atoms in total. The standard InChI is InChI=1S/C17H20ClFN4O2Si/c1-17(2,3)26(4,5)25-12-8-6-7-10(19)15(12)23-13(24)9-11-14(22-23)16(18)21-20-11/h6-9,20H,1-5H3. The molecular formula is C17H20ClFN4O2Si. The molecular weight excluding hydrogens is 375 g/mol. The number of para-hydroxylation sites is 1. The maximum Gasteiger partial charge on any atom is 0.273 e. The third kappa shape index (κ3) is 3.14. The van der Waals surface area contributed by atoms with E-state index in [9.17, 15) is 9.18 Å². The molecule has 2 heterocycles. The number of halogens is 2. The average molecular weight is 395 g/mol. The molecule has 0 radical (unpaired) electrons. The Labute approximate surface area is 156 Å². The van der Waals surface area contributed by atoms with Gasteiger partial charge in [0.25, 0.3) is 13.9 Å². The fourth-order valence-electron chi connectivity index (χ4n) is 2.23. The second-order valence-electron chi connectivity index (χ2n) is 7.62. The van der Waals surface area contributed by atoms with Crippen LogP contribution in [0.1, 0.15) is 20.8 Å². The van der Waals surface area contributed by atoms with Gasteiger partial charge < -0.3 is 4.43 Å². The summed E-state index contributed by atoms with van der Waals surface area (Å²) in [5, 5.41) is 10.6. The largest absolute Gasteiger partial charge is 0.542 e. The van der Waals surface area contributed by atoms with Crippen molar-refractivity contribution in [2.24, 2.45) is 0 Å². The van der Waals surface area contributed by atoms with Crippen molar-refractivity contribution in [2.45, 2.75) is 38.9 Å². The van der Waals surface area contributed by atoms with E-state index in [1.54, 1.807) is 12.1 Å². The van der Waals surface area contributed by atoms with Crippen molar-refractivity contribution in [3.05, 3.63) is 45.6 Å². The summed E-state index contributed by atoms with van der Waals surface area (Å²) in [5.74, 6) is -0.320. The van der Waals surface area contributed by atoms with E-state index in [0.717, 1.165) is 4.68 Å². The minimum atomic E-state index is -2.26. The normalized spacial score (nSPS) is 12.6. The van der Waals surface area contributed by atoms with Gasteiger partial charge in [-0.3, -0.25) is 9.89 Å². The van der Waals surface area contributed by atoms with Gasteiger partial charge in [-0.1, -0.05) is 38.4 Å². The number of nitrogens with zero attached hydrogens (tertiary/aromatic N) is 3. The number of benzene rings is 1. The SMILES string of the molecule is CC(C)(C)[Si](C)(C)Oc1cccc(F)c1-n1nc2c(Cl)n[nH]c2cc1=O. The van der Waals surface area contributed by atoms with E-state index < -0.39 is 19.7 Å². The monoisotopic (exact) mass is 394 g/mol. The molecule has 0 atom stereocenters. The van der Waals surface area contributed by atoms with Crippen LogP contribution in [0.3, 0.4) is 0 Å². The summed E-state index contributed by atoms with van der Waals surface area (Å²) in [6, 6.07) is 5.75. The fourth-order valence-corrected chi connectivity index (χ4v) is 3.43. The molecule has 0 amide bonds. The van der Waals surface area contributed by atoms with Gasteiger partial charge in [0, 0.05) is 6.07 Å². The lowest BCUT2D eigenvalue weighted by atomic mass is 10.2. The van der Waals surface area contributed by atoms with Crippen molar-refractivity contribution < 1.29 is 8.82 Å². The second-order valence-corrected chi connectivity index (χ2v) is 12.7. The van der Waals surface area contributed by atoms with Crippen LogP contribution < -0.4 is 9.99 Å². The average Bonchev–Trinajstić information content (AvgIpc) is 2.86. The zero-order valence-electron chi connectivity index (χ0n) is 15.2. The van der Waals surface area contributed by atoms with Crippen molar-refractivity contribution in [1.82, 2.24) is 20.0 Å². The van der Waals surface area contributed by atoms with Gasteiger partial charge in [0.2, 0.25) is 0 Å². The molecule has 26 heavy (non-hydrogen) atoms. The molecule has 138 valence electrons. The van der Waals surface area contributed by atoms with E-state index in [1.807, 2.05) is 13.1 Å². The van der Waals surface area contributed by atoms with E-state index in [-0.39, 0.29) is 27.1 Å². The minimum Gasteiger partial charge on any atom is -0.542 e. The lowest BCUT2D eigenvalue weighted by Crippen LogP contribution is -2.44. The highest BCUT2D eigenvalue weighted by Crippen LogP contribution is 2.39. The predicted molar refractivity (Wildman–Crippen MR) is 102 cm³/mol. The molecule has 0 aliphatic heterocycles. The highest BCUT2D eigenvalue weighted by atomic mass is 35.5. The number of aromatic nitrogens is 4. The molecule has 3 aromatic rings. The summed E-state index contributed by atoms with van der Waals surface area (Å²) in [6.45, 7) is 10.3. The zero-order valence-corrected chi connectivity index (χ0v) is 17.0. The summed E-state index contributed by atoms with van der Waals surface area (Å²) < 4.78 is 21.9. The fraction of sp³-hybridized carbons (Fsp3) is 0.353. The molecule has 0 saturated heterocycles. The van der Waals surface area contributed by atoms with E-state index in [4.69, 9.17) is 16.0 Å². The number of hydrogen-bond acceptors (Lipinski definition) is 4. The van der Waals surface area contributed by atoms with Crippen LogP contribution in [0.2, 0.25) is 23.3 Å². The van der Waals surface area contributed by atoms with Crippen LogP contribution in [0.5, 0.6) is 5.75 Å². The molecule has 0 bridgehead atoms. The van der Waals surface area contributed by atoms with Gasteiger partial charge in [-0.25, -0.2) is 4.39 Å². The third-order valence-electron chi connectivity index (χ3n) is 4.73. The lowest BCUT2D eigenvalue weighted by Gasteiger charge is -2.37. The van der Waals surface area contributed by atoms with E-state index in [1.165, 1.54) is 12.1 Å². The molecule has 9 heteroatoms. The summed E-state index contributed by atoms with van der Waals surface area (Å²) >= 11 is 5.99. The Morgan fingerprint density at radius 3 is 2.65 bits per heavy atom. The first-order valence-corrected chi connectivity index (χ1v) is 11.4. The Morgan fingerprint density at radius 1 is 1.31 bits per heavy atom. The molecule has 0 aliphatic rings. The molecule has 0 aliphatic carbocycles. The summed E-state index contributed by atoms with van der Waals surface area (Å²) in [4.78, 5) is 12.5. The Balaban J connectivity index is 2.22. The highest BCUT2D eigenvalue weighted by Gasteiger charge is 2.39. The van der Waals surface area contributed by atoms with Crippen LogP contribution in [0.15, 0.2) is 29.1 Å². The van der Waals surface area contributed by atoms with Gasteiger partial charge in [-0.2, -0.15) is 14.9 Å². The van der Waals surface area contributed by atoms with Crippen LogP contribution >= 0.6 is 11.6 Å². The maximum absolute atomic E-state index is 14.7. The molecule has 2 aromatic heterocycles.